The average Bonchev–Trinajstić information content (AvgIpc) is 3.21. The van der Waals surface area contributed by atoms with Crippen molar-refractivity contribution in [2.24, 2.45) is 5.41 Å². The van der Waals surface area contributed by atoms with E-state index in [1.165, 1.54) is 6.92 Å². The fourth-order valence-electron chi connectivity index (χ4n) is 4.46. The summed E-state index contributed by atoms with van der Waals surface area (Å²) in [5.41, 5.74) is -1.59. The minimum Gasteiger partial charge on any atom is -0.394 e. The van der Waals surface area contributed by atoms with Crippen LogP contribution in [-0.2, 0) is 61.6 Å². The molecule has 0 fully saturated rings. The Morgan fingerprint density at radius 1 is 0.319 bits per heavy atom. The van der Waals surface area contributed by atoms with Crippen LogP contribution in [0, 0.1) is 5.41 Å². The van der Waals surface area contributed by atoms with Crippen LogP contribution in [-0.4, -0.2) is 224 Å². The van der Waals surface area contributed by atoms with Crippen LogP contribution in [0.25, 0.3) is 0 Å². The monoisotopic (exact) mass is 1130 g/mol. The Morgan fingerprint density at radius 3 is 0.708 bits per heavy atom. The summed E-state index contributed by atoms with van der Waals surface area (Å²) in [6.45, 7) is -18.4. The second-order valence-electron chi connectivity index (χ2n) is 14.7. The van der Waals surface area contributed by atoms with Crippen LogP contribution in [0.5, 0.6) is 0 Å². The van der Waals surface area contributed by atoms with Gasteiger partial charge in [0.25, 0.3) is 0 Å². The normalized spacial score (nSPS) is 17.0. The van der Waals surface area contributed by atoms with Crippen LogP contribution < -0.4 is 0 Å². The van der Waals surface area contributed by atoms with Gasteiger partial charge in [-0.2, -0.15) is 87.8 Å². The topological polar surface area (TPSA) is 221 Å². The molecule has 0 bridgehead atoms. The average molecular weight is 1130 g/mol. The first-order valence-corrected chi connectivity index (χ1v) is 19.6. The number of hydrogen-bond acceptors (Lipinski definition) is 18. The van der Waals surface area contributed by atoms with E-state index >= 15 is 0 Å². The van der Waals surface area contributed by atoms with Crippen molar-refractivity contribution >= 4 is 0 Å². The highest BCUT2D eigenvalue weighted by Gasteiger charge is 2.68. The predicted octanol–water partition coefficient (Wildman–Crippen LogP) is 4.22. The molecule has 434 valence electrons. The second kappa shape index (κ2) is 28.9. The Labute approximate surface area is 393 Å². The minimum atomic E-state index is -6.52. The summed E-state index contributed by atoms with van der Waals surface area (Å²) in [5.74, 6) is 0. The van der Waals surface area contributed by atoms with Crippen molar-refractivity contribution in [3.63, 3.8) is 0 Å². The van der Waals surface area contributed by atoms with Crippen molar-refractivity contribution in [1.82, 2.24) is 0 Å². The van der Waals surface area contributed by atoms with E-state index in [4.69, 9.17) is 24.4 Å². The van der Waals surface area contributed by atoms with E-state index in [9.17, 15) is 103 Å². The molecule has 0 aromatic heterocycles. The van der Waals surface area contributed by atoms with Gasteiger partial charge in [-0.15, -0.1) is 0 Å². The summed E-state index contributed by atoms with van der Waals surface area (Å²) >= 11 is 0. The summed E-state index contributed by atoms with van der Waals surface area (Å²) in [4.78, 5) is 0. The molecule has 0 aliphatic carbocycles. The molecule has 0 aromatic carbocycles. The van der Waals surface area contributed by atoms with Gasteiger partial charge in [-0.25, -0.2) is 18.9 Å². The lowest BCUT2D eigenvalue weighted by molar-refractivity contribution is -0.516. The molecule has 0 aliphatic rings. The SMILES string of the molecule is CCC(COCC(O)COCC(F)(F)OC(F)(F)C(F)(F)OC)(COCC(O)COCC(F)(F)OC(F)(F)C(F)(F)OC)COCC(O)COCC(F)(F)OC(F)(F)C(F)(F)OC(F)(F)COCC(O)CO. The van der Waals surface area contributed by atoms with E-state index in [0.717, 1.165) is 0 Å². The number of rotatable bonds is 43. The molecule has 0 saturated carbocycles. The summed E-state index contributed by atoms with van der Waals surface area (Å²) < 4.78 is 321. The molecule has 4 unspecified atom stereocenters. The van der Waals surface area contributed by atoms with Gasteiger partial charge in [-0.3, -0.25) is 0 Å². The third kappa shape index (κ3) is 25.6. The smallest absolute Gasteiger partial charge is 0.394 e. The molecular weight excluding hydrogens is 1080 g/mol. The van der Waals surface area contributed by atoms with E-state index in [1.807, 2.05) is 0 Å². The summed E-state index contributed by atoms with van der Waals surface area (Å²) in [7, 11) is 0.0871. The Bertz CT molecular complexity index is 1450. The molecule has 4 atom stereocenters. The molecule has 0 spiro atoms. The molecule has 0 aromatic rings. The maximum Gasteiger partial charge on any atom is 0.453 e. The third-order valence-corrected chi connectivity index (χ3v) is 8.08. The van der Waals surface area contributed by atoms with E-state index in [1.54, 1.807) is 0 Å². The number of aliphatic hydroxyl groups is 5. The molecule has 72 heavy (non-hydrogen) atoms. The van der Waals surface area contributed by atoms with Gasteiger partial charge in [0.1, 0.15) is 50.8 Å². The van der Waals surface area contributed by atoms with Gasteiger partial charge < -0.3 is 68.2 Å². The van der Waals surface area contributed by atoms with Gasteiger partial charge >= 0.3 is 61.1 Å². The van der Waals surface area contributed by atoms with Gasteiger partial charge in [-0.1, -0.05) is 6.92 Å². The first-order valence-electron chi connectivity index (χ1n) is 19.6. The van der Waals surface area contributed by atoms with Gasteiger partial charge in [-0.05, 0) is 6.42 Å². The number of methoxy groups -OCH3 is 2. The van der Waals surface area contributed by atoms with E-state index in [2.05, 4.69) is 47.4 Å². The maximum absolute atomic E-state index is 14.1. The van der Waals surface area contributed by atoms with E-state index in [0.29, 0.717) is 0 Å². The summed E-state index contributed by atoms with van der Waals surface area (Å²) in [5, 5.41) is 47.8. The van der Waals surface area contributed by atoms with Crippen LogP contribution in [0.3, 0.4) is 0 Å². The summed E-state index contributed by atoms with van der Waals surface area (Å²) in [6, 6.07) is 0. The number of hydrogen-bond donors (Lipinski definition) is 5. The van der Waals surface area contributed by atoms with Crippen molar-refractivity contribution in [2.45, 2.75) is 98.8 Å². The Kier molecular flexibility index (Phi) is 28.0. The van der Waals surface area contributed by atoms with Crippen LogP contribution in [0.4, 0.5) is 87.8 Å². The Hall–Kier alpha value is -2.12. The lowest BCUT2D eigenvalue weighted by Gasteiger charge is -2.33. The molecule has 0 heterocycles. The van der Waals surface area contributed by atoms with Crippen LogP contribution in [0.1, 0.15) is 13.3 Å². The largest absolute Gasteiger partial charge is 0.453 e. The van der Waals surface area contributed by atoms with E-state index in [-0.39, 0.29) is 20.6 Å². The van der Waals surface area contributed by atoms with Gasteiger partial charge in [0.2, 0.25) is 0 Å². The quantitative estimate of drug-likeness (QED) is 0.0540. The van der Waals surface area contributed by atoms with Crippen LogP contribution in [0.2, 0.25) is 0 Å². The number of alkyl halides is 20. The highest BCUT2D eigenvalue weighted by molar-refractivity contribution is 4.79. The predicted molar refractivity (Wildman–Crippen MR) is 187 cm³/mol. The fourth-order valence-corrected chi connectivity index (χ4v) is 4.46. The minimum absolute atomic E-state index is 0.0436. The molecule has 0 amide bonds. The molecule has 38 heteroatoms. The molecule has 0 radical (unpaired) electrons. The third-order valence-electron chi connectivity index (χ3n) is 8.08. The maximum atomic E-state index is 14.1. The standard InChI is InChI=1S/C34H50F20O18/c1-4-24(13-62-7-21(57)10-66-17-25(35,36)69-31(47,48)29(43,44)60-2,14-63-8-22(58)11-67-18-26(37,38)70-32(49,50)30(45,46)61-3)15-64-9-23(59)12-68-19-28(41,42)72-34(53,54)33(51,52)71-27(39,40)16-65-6-20(56)5-55/h20-23,55-59H,4-19H2,1-3H3. The van der Waals surface area contributed by atoms with E-state index < -0.39 is 190 Å². The molecular formula is C34H50F20O18. The van der Waals surface area contributed by atoms with Gasteiger partial charge in [0.05, 0.1) is 72.7 Å². The van der Waals surface area contributed by atoms with Crippen molar-refractivity contribution in [3.05, 3.63) is 0 Å². The van der Waals surface area contributed by atoms with Crippen molar-refractivity contribution in [1.29, 1.82) is 0 Å². The first-order chi connectivity index (χ1) is 32.5. The Balaban J connectivity index is 5.64. The zero-order chi connectivity index (χ0) is 56.3. The van der Waals surface area contributed by atoms with Crippen molar-refractivity contribution in [2.75, 3.05) is 113 Å². The van der Waals surface area contributed by atoms with Gasteiger partial charge in [0, 0.05) is 19.6 Å². The highest BCUT2D eigenvalue weighted by atomic mass is 19.4. The lowest BCUT2D eigenvalue weighted by atomic mass is 9.88. The molecule has 0 rings (SSSR count). The molecule has 5 N–H and O–H groups in total. The van der Waals surface area contributed by atoms with Crippen LogP contribution in [0.15, 0.2) is 0 Å². The Morgan fingerprint density at radius 2 is 0.514 bits per heavy atom. The van der Waals surface area contributed by atoms with Crippen molar-refractivity contribution < 1.29 is 175 Å². The number of aliphatic hydroxyl groups excluding tert-OH is 5. The fraction of sp³-hybridized carbons (Fsp3) is 1.00. The number of ether oxygens (including phenoxy) is 13. The molecule has 18 nitrogen and oxygen atoms in total. The first kappa shape index (κ1) is 69.9. The highest BCUT2D eigenvalue weighted by Crippen LogP contribution is 2.44. The zero-order valence-corrected chi connectivity index (χ0v) is 37.2. The molecule has 0 saturated heterocycles. The molecule has 0 aliphatic heterocycles. The second-order valence-corrected chi connectivity index (χ2v) is 14.7. The van der Waals surface area contributed by atoms with Gasteiger partial charge in [0.15, 0.2) is 0 Å². The lowest BCUT2D eigenvalue weighted by Crippen LogP contribution is -2.53. The van der Waals surface area contributed by atoms with Crippen LogP contribution >= 0.6 is 0 Å². The summed E-state index contributed by atoms with van der Waals surface area (Å²) in [6.07, 6.45) is -64.7. The zero-order valence-electron chi connectivity index (χ0n) is 37.2. The van der Waals surface area contributed by atoms with Crippen molar-refractivity contribution in [3.8, 4) is 0 Å². The number of halogens is 20.